The van der Waals surface area contributed by atoms with E-state index < -0.39 is 0 Å². The summed E-state index contributed by atoms with van der Waals surface area (Å²) in [6.07, 6.45) is 4.93. The molecule has 0 amide bonds. The highest BCUT2D eigenvalue weighted by atomic mass is 15.3. The number of nitrogens with zero attached hydrogens (tertiary/aromatic N) is 5. The van der Waals surface area contributed by atoms with E-state index in [1.807, 2.05) is 19.3 Å². The summed E-state index contributed by atoms with van der Waals surface area (Å²) >= 11 is 0. The second kappa shape index (κ2) is 8.87. The topological polar surface area (TPSA) is 76.7 Å². The first kappa shape index (κ1) is 22.6. The van der Waals surface area contributed by atoms with E-state index in [0.29, 0.717) is 6.04 Å². The van der Waals surface area contributed by atoms with Crippen molar-refractivity contribution in [3.05, 3.63) is 59.8 Å². The van der Waals surface area contributed by atoms with Crippen molar-refractivity contribution in [2.24, 2.45) is 0 Å². The fraction of sp³-hybridized carbons (Fsp3) is 0.444. The molecule has 0 saturated carbocycles. The Kier molecular flexibility index (Phi) is 5.90. The Morgan fingerprint density at radius 3 is 2.32 bits per heavy atom. The van der Waals surface area contributed by atoms with Crippen LogP contribution in [-0.2, 0) is 5.41 Å². The third kappa shape index (κ3) is 4.32. The highest BCUT2D eigenvalue weighted by Crippen LogP contribution is 2.31. The van der Waals surface area contributed by atoms with Crippen molar-refractivity contribution >= 4 is 16.9 Å². The predicted octanol–water partition coefficient (Wildman–Crippen LogP) is 5.23. The second-order valence-corrected chi connectivity index (χ2v) is 10.3. The number of aromatic nitrogens is 5. The van der Waals surface area contributed by atoms with Gasteiger partial charge in [-0.25, -0.2) is 15.0 Å². The molecule has 0 spiro atoms. The van der Waals surface area contributed by atoms with Crippen LogP contribution in [0.25, 0.3) is 22.6 Å². The Balaban J connectivity index is 1.35. The number of nitrogens with one attached hydrogen (secondary N) is 2. The van der Waals surface area contributed by atoms with Crippen molar-refractivity contribution in [3.63, 3.8) is 0 Å². The van der Waals surface area contributed by atoms with Crippen LogP contribution in [0.5, 0.6) is 0 Å². The van der Waals surface area contributed by atoms with E-state index in [2.05, 4.69) is 87.8 Å². The number of aromatic amines is 2. The molecule has 4 heterocycles. The molecule has 1 atom stereocenters. The van der Waals surface area contributed by atoms with Crippen LogP contribution in [0.2, 0.25) is 0 Å². The Labute approximate surface area is 201 Å². The van der Waals surface area contributed by atoms with Gasteiger partial charge in [0, 0.05) is 44.1 Å². The fourth-order valence-electron chi connectivity index (χ4n) is 4.98. The van der Waals surface area contributed by atoms with Crippen molar-refractivity contribution in [1.29, 1.82) is 0 Å². The molecule has 1 aliphatic heterocycles. The average molecular weight is 458 g/mol. The molecule has 5 rings (SSSR count). The molecule has 0 radical (unpaired) electrons. The van der Waals surface area contributed by atoms with Gasteiger partial charge in [0.2, 0.25) is 0 Å². The number of aryl methyl sites for hydroxylation is 1. The smallest absolute Gasteiger partial charge is 0.180 e. The van der Waals surface area contributed by atoms with Gasteiger partial charge < -0.3 is 14.9 Å². The Hall–Kier alpha value is -3.19. The monoisotopic (exact) mass is 457 g/mol. The summed E-state index contributed by atoms with van der Waals surface area (Å²) in [5.74, 6) is 1.85. The number of benzene rings is 1. The number of hydrogen-bond donors (Lipinski definition) is 2. The summed E-state index contributed by atoms with van der Waals surface area (Å²) in [7, 11) is 0. The number of anilines is 1. The van der Waals surface area contributed by atoms with E-state index in [-0.39, 0.29) is 5.41 Å². The second-order valence-electron chi connectivity index (χ2n) is 10.3. The highest BCUT2D eigenvalue weighted by Gasteiger charge is 2.26. The summed E-state index contributed by atoms with van der Waals surface area (Å²) in [6.45, 7) is 14.9. The van der Waals surface area contributed by atoms with E-state index in [9.17, 15) is 0 Å². The number of imidazole rings is 2. The van der Waals surface area contributed by atoms with Crippen LogP contribution in [0.15, 0.2) is 42.7 Å². The first-order valence-electron chi connectivity index (χ1n) is 12.3. The average Bonchev–Trinajstić information content (AvgIpc) is 3.46. The lowest BCUT2D eigenvalue weighted by atomic mass is 9.87. The maximum Gasteiger partial charge on any atom is 0.180 e. The first-order valence-corrected chi connectivity index (χ1v) is 12.3. The fourth-order valence-corrected chi connectivity index (χ4v) is 4.98. The first-order chi connectivity index (χ1) is 16.3. The molecular weight excluding hydrogens is 422 g/mol. The van der Waals surface area contributed by atoms with Crippen LogP contribution in [0.4, 0.5) is 5.69 Å². The van der Waals surface area contributed by atoms with E-state index in [4.69, 9.17) is 4.98 Å². The molecule has 2 N–H and O–H groups in total. The highest BCUT2D eigenvalue weighted by molar-refractivity contribution is 5.88. The molecule has 4 aromatic rings. The largest absolute Gasteiger partial charge is 0.367 e. The van der Waals surface area contributed by atoms with Crippen molar-refractivity contribution in [1.82, 2.24) is 29.8 Å². The van der Waals surface area contributed by atoms with Crippen LogP contribution in [-0.4, -0.2) is 56.0 Å². The van der Waals surface area contributed by atoms with Gasteiger partial charge in [-0.1, -0.05) is 52.0 Å². The third-order valence-electron chi connectivity index (χ3n) is 6.96. The quantitative estimate of drug-likeness (QED) is 0.429. The number of H-pyrrole nitrogens is 2. The van der Waals surface area contributed by atoms with Gasteiger partial charge in [-0.3, -0.25) is 4.90 Å². The van der Waals surface area contributed by atoms with Crippen molar-refractivity contribution < 1.29 is 0 Å². The van der Waals surface area contributed by atoms with Gasteiger partial charge >= 0.3 is 0 Å². The molecule has 0 bridgehead atoms. The molecule has 3 aromatic heterocycles. The van der Waals surface area contributed by atoms with Crippen LogP contribution >= 0.6 is 0 Å². The molecule has 1 saturated heterocycles. The summed E-state index contributed by atoms with van der Waals surface area (Å²) < 4.78 is 0. The van der Waals surface area contributed by atoms with Crippen molar-refractivity contribution in [2.45, 2.75) is 52.5 Å². The Morgan fingerprint density at radius 2 is 1.71 bits per heavy atom. The van der Waals surface area contributed by atoms with Crippen LogP contribution in [0.1, 0.15) is 57.2 Å². The van der Waals surface area contributed by atoms with Gasteiger partial charge in [0.15, 0.2) is 5.65 Å². The molecule has 178 valence electrons. The predicted molar refractivity (Wildman–Crippen MR) is 138 cm³/mol. The van der Waals surface area contributed by atoms with Crippen LogP contribution in [0.3, 0.4) is 0 Å². The summed E-state index contributed by atoms with van der Waals surface area (Å²) in [5, 5.41) is 0. The molecule has 0 aliphatic carbocycles. The third-order valence-corrected chi connectivity index (χ3v) is 6.96. The van der Waals surface area contributed by atoms with E-state index in [1.54, 1.807) is 0 Å². The van der Waals surface area contributed by atoms with Gasteiger partial charge in [0.05, 0.1) is 17.4 Å². The maximum absolute atomic E-state index is 4.81. The molecule has 7 heteroatoms. The Bertz CT molecular complexity index is 1250. The number of piperazine rings is 1. The summed E-state index contributed by atoms with van der Waals surface area (Å²) in [6, 6.07) is 11.2. The van der Waals surface area contributed by atoms with Crippen LogP contribution < -0.4 is 4.90 Å². The molecule has 34 heavy (non-hydrogen) atoms. The van der Waals surface area contributed by atoms with Crippen molar-refractivity contribution in [3.8, 4) is 11.4 Å². The lowest BCUT2D eigenvalue weighted by Crippen LogP contribution is -2.47. The van der Waals surface area contributed by atoms with E-state index in [1.165, 1.54) is 16.9 Å². The summed E-state index contributed by atoms with van der Waals surface area (Å²) in [5.41, 5.74) is 6.73. The van der Waals surface area contributed by atoms with Crippen LogP contribution in [0, 0.1) is 6.92 Å². The molecule has 1 unspecified atom stereocenters. The minimum Gasteiger partial charge on any atom is -0.367 e. The zero-order chi connectivity index (χ0) is 23.9. The minimum absolute atomic E-state index is 0.135. The van der Waals surface area contributed by atoms with Gasteiger partial charge in [0.25, 0.3) is 0 Å². The standard InChI is InChI=1S/C27H35N7/c1-6-22(21-17-29-18(2)30-21)33-13-15-34(16-14-33)23-11-12-28-26-24(23)31-25(32-26)19-7-9-20(10-8-19)27(3,4)5/h7-12,17,22H,6,13-16H2,1-5H3,(H,29,30)(H,28,31,32). The van der Waals surface area contributed by atoms with Gasteiger partial charge in [-0.05, 0) is 30.4 Å². The molecule has 1 aromatic carbocycles. The zero-order valence-electron chi connectivity index (χ0n) is 20.9. The molecular formula is C27H35N7. The van der Waals surface area contributed by atoms with Gasteiger partial charge in [-0.2, -0.15) is 0 Å². The summed E-state index contributed by atoms with van der Waals surface area (Å²) in [4.78, 5) is 25.8. The number of rotatable bonds is 5. The molecule has 1 fully saturated rings. The number of pyridine rings is 1. The Morgan fingerprint density at radius 1 is 0.971 bits per heavy atom. The van der Waals surface area contributed by atoms with Crippen molar-refractivity contribution in [2.75, 3.05) is 31.1 Å². The van der Waals surface area contributed by atoms with Gasteiger partial charge in [0.1, 0.15) is 17.2 Å². The van der Waals surface area contributed by atoms with Gasteiger partial charge in [-0.15, -0.1) is 0 Å². The number of hydrogen-bond acceptors (Lipinski definition) is 5. The number of fused-ring (bicyclic) bond motifs is 1. The lowest BCUT2D eigenvalue weighted by molar-refractivity contribution is 0.178. The maximum atomic E-state index is 4.81. The van der Waals surface area contributed by atoms with E-state index >= 15 is 0 Å². The van der Waals surface area contributed by atoms with E-state index in [0.717, 1.165) is 61.0 Å². The molecule has 7 nitrogen and oxygen atoms in total. The molecule has 1 aliphatic rings. The lowest BCUT2D eigenvalue weighted by Gasteiger charge is -2.39. The normalized spacial score (nSPS) is 16.3. The zero-order valence-corrected chi connectivity index (χ0v) is 20.9. The SMILES string of the molecule is CCC(c1cnc(C)[nH]1)N1CCN(c2ccnc3nc(-c4ccc(C(C)(C)C)cc4)[nH]c23)CC1. The minimum atomic E-state index is 0.135.